The predicted molar refractivity (Wildman–Crippen MR) is 235 cm³/mol. The fraction of sp³-hybridized carbons (Fsp3) is 0. The summed E-state index contributed by atoms with van der Waals surface area (Å²) >= 11 is 0. The number of rotatable bonds is 7. The van der Waals surface area contributed by atoms with Gasteiger partial charge in [-0.05, 0) is 114 Å². The Balaban J connectivity index is 1.12. The number of hydrogen-bond acceptors (Lipinski definition) is 1. The summed E-state index contributed by atoms with van der Waals surface area (Å²) in [6.07, 6.45) is 0. The van der Waals surface area contributed by atoms with Crippen molar-refractivity contribution in [2.24, 2.45) is 0 Å². The zero-order chi connectivity index (χ0) is 36.6. The molecule has 1 heteroatoms. The molecule has 0 spiro atoms. The first-order valence-corrected chi connectivity index (χ1v) is 18.9. The van der Waals surface area contributed by atoms with Crippen LogP contribution in [0.2, 0.25) is 0 Å². The number of fused-ring (bicyclic) bond motifs is 4. The van der Waals surface area contributed by atoms with Crippen molar-refractivity contribution >= 4 is 49.4 Å². The highest BCUT2D eigenvalue weighted by atomic mass is 15.1. The zero-order valence-electron chi connectivity index (χ0n) is 30.3. The van der Waals surface area contributed by atoms with Crippen LogP contribution in [0.5, 0.6) is 0 Å². The summed E-state index contributed by atoms with van der Waals surface area (Å²) in [6.45, 7) is 0. The van der Waals surface area contributed by atoms with Crippen molar-refractivity contribution in [3.8, 4) is 44.5 Å². The first-order valence-electron chi connectivity index (χ1n) is 18.9. The van der Waals surface area contributed by atoms with E-state index in [4.69, 9.17) is 0 Å². The molecule has 0 saturated carbocycles. The third-order valence-electron chi connectivity index (χ3n) is 10.9. The van der Waals surface area contributed by atoms with Gasteiger partial charge in [-0.15, -0.1) is 0 Å². The maximum Gasteiger partial charge on any atom is 0.0540 e. The Bertz CT molecular complexity index is 2950. The number of anilines is 3. The molecule has 0 saturated heterocycles. The van der Waals surface area contributed by atoms with Crippen molar-refractivity contribution in [1.29, 1.82) is 0 Å². The molecule has 0 radical (unpaired) electrons. The topological polar surface area (TPSA) is 3.24 Å². The van der Waals surface area contributed by atoms with Crippen LogP contribution < -0.4 is 4.90 Å². The summed E-state index contributed by atoms with van der Waals surface area (Å²) in [7, 11) is 0. The molecule has 1 nitrogen and oxygen atoms in total. The summed E-state index contributed by atoms with van der Waals surface area (Å²) < 4.78 is 0. The highest BCUT2D eigenvalue weighted by Crippen LogP contribution is 2.45. The second-order valence-electron chi connectivity index (χ2n) is 14.1. The van der Waals surface area contributed by atoms with Crippen LogP contribution in [0.4, 0.5) is 17.1 Å². The van der Waals surface area contributed by atoms with E-state index < -0.39 is 0 Å². The van der Waals surface area contributed by atoms with Gasteiger partial charge < -0.3 is 4.90 Å². The molecule has 258 valence electrons. The van der Waals surface area contributed by atoms with Crippen molar-refractivity contribution in [2.75, 3.05) is 4.90 Å². The van der Waals surface area contributed by atoms with Gasteiger partial charge in [0, 0.05) is 16.8 Å². The molecule has 0 aliphatic heterocycles. The third-order valence-corrected chi connectivity index (χ3v) is 10.9. The van der Waals surface area contributed by atoms with E-state index >= 15 is 0 Å². The molecule has 0 aromatic heterocycles. The first-order chi connectivity index (χ1) is 27.3. The minimum Gasteiger partial charge on any atom is -0.310 e. The standard InChI is InChI=1S/C54H37N/c1-3-14-38(15-4-1)40-26-30-45(31-27-40)55(46-32-28-41(29-33-46)43-20-13-19-42(36-43)39-16-5-2-6-17-39)54-35-34-51(49-23-11-12-25-52(49)54)53-37-44-18-7-8-21-47(44)48-22-9-10-24-50(48)53/h1-37H. The van der Waals surface area contributed by atoms with Crippen LogP contribution in [-0.4, -0.2) is 0 Å². The molecule has 0 atom stereocenters. The van der Waals surface area contributed by atoms with Crippen molar-refractivity contribution in [3.05, 3.63) is 224 Å². The van der Waals surface area contributed by atoms with Crippen LogP contribution in [0.3, 0.4) is 0 Å². The molecular formula is C54H37N. The van der Waals surface area contributed by atoms with E-state index in [9.17, 15) is 0 Å². The molecule has 0 unspecified atom stereocenters. The summed E-state index contributed by atoms with van der Waals surface area (Å²) in [5, 5.41) is 7.49. The van der Waals surface area contributed by atoms with Gasteiger partial charge in [-0.3, -0.25) is 0 Å². The van der Waals surface area contributed by atoms with Gasteiger partial charge in [0.1, 0.15) is 0 Å². The van der Waals surface area contributed by atoms with Gasteiger partial charge in [0.15, 0.2) is 0 Å². The van der Waals surface area contributed by atoms with Crippen molar-refractivity contribution in [1.82, 2.24) is 0 Å². The van der Waals surface area contributed by atoms with E-state index in [-0.39, 0.29) is 0 Å². The molecule has 55 heavy (non-hydrogen) atoms. The molecule has 0 aliphatic carbocycles. The van der Waals surface area contributed by atoms with Crippen LogP contribution in [0.1, 0.15) is 0 Å². The lowest BCUT2D eigenvalue weighted by molar-refractivity contribution is 1.30. The fourth-order valence-corrected chi connectivity index (χ4v) is 8.16. The highest BCUT2D eigenvalue weighted by molar-refractivity contribution is 6.17. The SMILES string of the molecule is c1ccc(-c2ccc(N(c3ccc(-c4cccc(-c5ccccc5)c4)cc3)c3ccc(-c4cc5ccccc5c5ccccc45)c4ccccc34)cc2)cc1. The Morgan fingerprint density at radius 1 is 0.236 bits per heavy atom. The molecule has 0 amide bonds. The molecule has 0 fully saturated rings. The van der Waals surface area contributed by atoms with E-state index in [1.54, 1.807) is 0 Å². The average molecular weight is 700 g/mol. The van der Waals surface area contributed by atoms with E-state index in [0.717, 1.165) is 17.1 Å². The molecule has 10 aromatic carbocycles. The van der Waals surface area contributed by atoms with E-state index in [2.05, 4.69) is 229 Å². The monoisotopic (exact) mass is 699 g/mol. The Kier molecular flexibility index (Phi) is 8.24. The predicted octanol–water partition coefficient (Wildman–Crippen LogP) is 15.3. The normalized spacial score (nSPS) is 11.3. The van der Waals surface area contributed by atoms with Gasteiger partial charge in [0.05, 0.1) is 5.69 Å². The zero-order valence-corrected chi connectivity index (χ0v) is 30.3. The lowest BCUT2D eigenvalue weighted by Crippen LogP contribution is -2.10. The summed E-state index contributed by atoms with van der Waals surface area (Å²) in [5.41, 5.74) is 13.0. The lowest BCUT2D eigenvalue weighted by Gasteiger charge is -2.28. The second kappa shape index (κ2) is 14.0. The Morgan fingerprint density at radius 2 is 0.673 bits per heavy atom. The maximum atomic E-state index is 2.41. The van der Waals surface area contributed by atoms with Gasteiger partial charge in [-0.2, -0.15) is 0 Å². The molecule has 10 rings (SSSR count). The first kappa shape index (κ1) is 32.4. The Labute approximate surface area is 322 Å². The van der Waals surface area contributed by atoms with Crippen molar-refractivity contribution < 1.29 is 0 Å². The van der Waals surface area contributed by atoms with Gasteiger partial charge >= 0.3 is 0 Å². The molecule has 0 bridgehead atoms. The van der Waals surface area contributed by atoms with Gasteiger partial charge in [0.2, 0.25) is 0 Å². The molecule has 0 heterocycles. The highest BCUT2D eigenvalue weighted by Gasteiger charge is 2.19. The summed E-state index contributed by atoms with van der Waals surface area (Å²) in [4.78, 5) is 2.41. The largest absolute Gasteiger partial charge is 0.310 e. The van der Waals surface area contributed by atoms with Gasteiger partial charge in [0.25, 0.3) is 0 Å². The lowest BCUT2D eigenvalue weighted by atomic mass is 9.90. The van der Waals surface area contributed by atoms with Crippen LogP contribution in [0, 0.1) is 0 Å². The minimum absolute atomic E-state index is 1.10. The number of hydrogen-bond donors (Lipinski definition) is 0. The van der Waals surface area contributed by atoms with Crippen LogP contribution >= 0.6 is 0 Å². The van der Waals surface area contributed by atoms with E-state index in [1.807, 2.05) is 0 Å². The minimum atomic E-state index is 1.10. The van der Waals surface area contributed by atoms with Crippen LogP contribution in [-0.2, 0) is 0 Å². The maximum absolute atomic E-state index is 2.41. The van der Waals surface area contributed by atoms with Gasteiger partial charge in [-0.1, -0.05) is 182 Å². The molecule has 0 aliphatic rings. The summed E-state index contributed by atoms with van der Waals surface area (Å²) in [6, 6.07) is 81.4. The molecule has 0 N–H and O–H groups in total. The quantitative estimate of drug-likeness (QED) is 0.150. The van der Waals surface area contributed by atoms with Crippen LogP contribution in [0.25, 0.3) is 76.8 Å². The molecule has 10 aromatic rings. The Morgan fingerprint density at radius 3 is 1.29 bits per heavy atom. The number of benzene rings is 10. The third kappa shape index (κ3) is 6.02. The summed E-state index contributed by atoms with van der Waals surface area (Å²) in [5.74, 6) is 0. The van der Waals surface area contributed by atoms with E-state index in [1.165, 1.54) is 76.8 Å². The second-order valence-corrected chi connectivity index (χ2v) is 14.1. The van der Waals surface area contributed by atoms with Crippen molar-refractivity contribution in [2.45, 2.75) is 0 Å². The Hall–Kier alpha value is -7.22. The smallest absolute Gasteiger partial charge is 0.0540 e. The average Bonchev–Trinajstić information content (AvgIpc) is 3.27. The molecular weight excluding hydrogens is 663 g/mol. The van der Waals surface area contributed by atoms with Gasteiger partial charge in [-0.25, -0.2) is 0 Å². The van der Waals surface area contributed by atoms with Crippen LogP contribution in [0.15, 0.2) is 224 Å². The van der Waals surface area contributed by atoms with E-state index in [0.29, 0.717) is 0 Å². The fourth-order valence-electron chi connectivity index (χ4n) is 8.16. The van der Waals surface area contributed by atoms with Crippen molar-refractivity contribution in [3.63, 3.8) is 0 Å². The number of nitrogens with zero attached hydrogens (tertiary/aromatic N) is 1.